The summed E-state index contributed by atoms with van der Waals surface area (Å²) in [7, 11) is -3.79. The summed E-state index contributed by atoms with van der Waals surface area (Å²) in [5, 5.41) is 7.45. The summed E-state index contributed by atoms with van der Waals surface area (Å²) >= 11 is 0. The zero-order valence-corrected chi connectivity index (χ0v) is 10.9. The Kier molecular flexibility index (Phi) is 2.87. The van der Waals surface area contributed by atoms with Crippen LogP contribution in [0.15, 0.2) is 53.8 Å². The molecule has 0 spiro atoms. The van der Waals surface area contributed by atoms with Crippen molar-refractivity contribution < 1.29 is 12.8 Å². The summed E-state index contributed by atoms with van der Waals surface area (Å²) in [4.78, 5) is 0.0362. The molecule has 0 amide bonds. The number of fused-ring (bicyclic) bond motifs is 1. The molecular formula is C12H9FN4O2S. The lowest BCUT2D eigenvalue weighted by Gasteiger charge is -2.08. The number of halogens is 1. The fraction of sp³-hybridized carbons (Fsp3) is 0. The second-order valence-corrected chi connectivity index (χ2v) is 5.76. The number of benzene rings is 1. The molecule has 0 unspecified atom stereocenters. The third-order valence-corrected chi connectivity index (χ3v) is 4.02. The summed E-state index contributed by atoms with van der Waals surface area (Å²) in [5.41, 5.74) is 0.698. The summed E-state index contributed by atoms with van der Waals surface area (Å²) in [6, 6.07) is 8.18. The third kappa shape index (κ3) is 2.32. The Bertz CT molecular complexity index is 876. The molecule has 1 aromatic carbocycles. The van der Waals surface area contributed by atoms with Crippen molar-refractivity contribution in [2.24, 2.45) is 0 Å². The Hall–Kier alpha value is -2.48. The lowest BCUT2D eigenvalue weighted by molar-refractivity contribution is 0.600. The van der Waals surface area contributed by atoms with E-state index in [1.807, 2.05) is 0 Å². The Morgan fingerprint density at radius 2 is 2.05 bits per heavy atom. The fourth-order valence-corrected chi connectivity index (χ4v) is 2.79. The minimum atomic E-state index is -3.79. The molecule has 8 heteroatoms. The second-order valence-electron chi connectivity index (χ2n) is 4.08. The van der Waals surface area contributed by atoms with Crippen LogP contribution in [-0.2, 0) is 10.0 Å². The molecule has 0 aliphatic heterocycles. The third-order valence-electron chi connectivity index (χ3n) is 2.65. The topological polar surface area (TPSA) is 76.4 Å². The zero-order valence-electron chi connectivity index (χ0n) is 10.1. The zero-order chi connectivity index (χ0) is 14.2. The van der Waals surface area contributed by atoms with Gasteiger partial charge in [0, 0.05) is 6.20 Å². The quantitative estimate of drug-likeness (QED) is 0.796. The van der Waals surface area contributed by atoms with Crippen LogP contribution in [0.1, 0.15) is 0 Å². The van der Waals surface area contributed by atoms with Crippen LogP contribution in [0.4, 0.5) is 10.1 Å². The molecule has 0 radical (unpaired) electrons. The van der Waals surface area contributed by atoms with Crippen LogP contribution in [0.25, 0.3) is 5.65 Å². The smallest absolute Gasteiger partial charge is 0.263 e. The van der Waals surface area contributed by atoms with E-state index in [9.17, 15) is 12.8 Å². The average molecular weight is 292 g/mol. The Balaban J connectivity index is 1.98. The van der Waals surface area contributed by atoms with Crippen molar-refractivity contribution >= 4 is 21.4 Å². The number of hydrogen-bond acceptors (Lipinski definition) is 4. The minimum absolute atomic E-state index is 0.0362. The largest absolute Gasteiger partial charge is 0.288 e. The first kappa shape index (κ1) is 12.5. The summed E-state index contributed by atoms with van der Waals surface area (Å²) in [6.07, 6.45) is 2.79. The predicted octanol–water partition coefficient (Wildman–Crippen LogP) is 1.67. The van der Waals surface area contributed by atoms with Crippen LogP contribution in [-0.4, -0.2) is 23.0 Å². The van der Waals surface area contributed by atoms with Crippen molar-refractivity contribution in [2.45, 2.75) is 4.90 Å². The molecule has 0 aliphatic carbocycles. The minimum Gasteiger partial charge on any atom is -0.288 e. The lowest BCUT2D eigenvalue weighted by Crippen LogP contribution is -2.13. The number of hydrogen-bond donors (Lipinski definition) is 1. The van der Waals surface area contributed by atoms with E-state index in [1.54, 1.807) is 0 Å². The van der Waals surface area contributed by atoms with Crippen LogP contribution >= 0.6 is 0 Å². The van der Waals surface area contributed by atoms with Crippen LogP contribution in [0.2, 0.25) is 0 Å². The number of nitrogens with one attached hydrogen (secondary N) is 1. The number of pyridine rings is 1. The Morgan fingerprint density at radius 3 is 2.85 bits per heavy atom. The van der Waals surface area contributed by atoms with Gasteiger partial charge in [-0.15, -0.1) is 10.2 Å². The van der Waals surface area contributed by atoms with E-state index in [0.29, 0.717) is 5.65 Å². The summed E-state index contributed by atoms with van der Waals surface area (Å²) < 4.78 is 41.2. The number of aromatic nitrogens is 3. The highest BCUT2D eigenvalue weighted by Gasteiger charge is 2.15. The van der Waals surface area contributed by atoms with Crippen molar-refractivity contribution in [2.75, 3.05) is 4.72 Å². The number of anilines is 1. The molecule has 0 saturated heterocycles. The van der Waals surface area contributed by atoms with Crippen molar-refractivity contribution in [1.29, 1.82) is 0 Å². The highest BCUT2D eigenvalue weighted by atomic mass is 32.2. The maximum absolute atomic E-state index is 13.1. The van der Waals surface area contributed by atoms with E-state index in [0.717, 1.165) is 6.07 Å². The molecule has 3 aromatic rings. The molecule has 0 fully saturated rings. The SMILES string of the molecule is O=S(=O)(Nc1cccc(F)c1)c1ccc2nncn2c1. The first-order chi connectivity index (χ1) is 9.54. The van der Waals surface area contributed by atoms with Crippen molar-refractivity contribution in [3.63, 3.8) is 0 Å². The summed E-state index contributed by atoms with van der Waals surface area (Å²) in [5.74, 6) is -0.514. The van der Waals surface area contributed by atoms with Gasteiger partial charge in [-0.2, -0.15) is 0 Å². The van der Waals surface area contributed by atoms with E-state index in [1.165, 1.54) is 47.3 Å². The monoisotopic (exact) mass is 292 g/mol. The Morgan fingerprint density at radius 1 is 1.20 bits per heavy atom. The average Bonchev–Trinajstić information content (AvgIpc) is 2.85. The van der Waals surface area contributed by atoms with E-state index in [4.69, 9.17) is 0 Å². The molecule has 0 saturated carbocycles. The van der Waals surface area contributed by atoms with Gasteiger partial charge in [0.15, 0.2) is 5.65 Å². The van der Waals surface area contributed by atoms with Gasteiger partial charge in [-0.3, -0.25) is 9.12 Å². The highest BCUT2D eigenvalue weighted by molar-refractivity contribution is 7.92. The van der Waals surface area contributed by atoms with E-state index in [-0.39, 0.29) is 10.6 Å². The molecular weight excluding hydrogens is 283 g/mol. The maximum Gasteiger partial charge on any atom is 0.263 e. The second kappa shape index (κ2) is 4.57. The van der Waals surface area contributed by atoms with Gasteiger partial charge in [-0.05, 0) is 30.3 Å². The van der Waals surface area contributed by atoms with Gasteiger partial charge in [0.05, 0.1) is 5.69 Å². The highest BCUT2D eigenvalue weighted by Crippen LogP contribution is 2.17. The van der Waals surface area contributed by atoms with Gasteiger partial charge < -0.3 is 0 Å². The molecule has 0 aliphatic rings. The molecule has 0 bridgehead atoms. The van der Waals surface area contributed by atoms with Crippen LogP contribution in [0.5, 0.6) is 0 Å². The van der Waals surface area contributed by atoms with E-state index in [2.05, 4.69) is 14.9 Å². The maximum atomic E-state index is 13.1. The molecule has 3 rings (SSSR count). The predicted molar refractivity (Wildman–Crippen MR) is 70.2 cm³/mol. The number of nitrogens with zero attached hydrogens (tertiary/aromatic N) is 3. The number of rotatable bonds is 3. The lowest BCUT2D eigenvalue weighted by atomic mass is 10.3. The van der Waals surface area contributed by atoms with Crippen LogP contribution < -0.4 is 4.72 Å². The Labute approximate surface area is 113 Å². The molecule has 2 aromatic heterocycles. The van der Waals surface area contributed by atoms with Gasteiger partial charge >= 0.3 is 0 Å². The van der Waals surface area contributed by atoms with E-state index >= 15 is 0 Å². The first-order valence-corrected chi connectivity index (χ1v) is 7.11. The molecule has 1 N–H and O–H groups in total. The number of sulfonamides is 1. The van der Waals surface area contributed by atoms with Gasteiger partial charge in [0.1, 0.15) is 17.0 Å². The van der Waals surface area contributed by atoms with Gasteiger partial charge in [-0.25, -0.2) is 12.8 Å². The first-order valence-electron chi connectivity index (χ1n) is 5.62. The molecule has 0 atom stereocenters. The standard InChI is InChI=1S/C12H9FN4O2S/c13-9-2-1-3-10(6-9)16-20(18,19)11-4-5-12-15-14-8-17(12)7-11/h1-8,16H. The van der Waals surface area contributed by atoms with Crippen molar-refractivity contribution in [3.05, 3.63) is 54.7 Å². The van der Waals surface area contributed by atoms with Crippen molar-refractivity contribution in [3.8, 4) is 0 Å². The molecule has 6 nitrogen and oxygen atoms in total. The molecule has 2 heterocycles. The van der Waals surface area contributed by atoms with Gasteiger partial charge in [0.2, 0.25) is 0 Å². The fourth-order valence-electron chi connectivity index (χ4n) is 1.73. The van der Waals surface area contributed by atoms with Crippen LogP contribution in [0.3, 0.4) is 0 Å². The van der Waals surface area contributed by atoms with Crippen molar-refractivity contribution in [1.82, 2.24) is 14.6 Å². The van der Waals surface area contributed by atoms with E-state index < -0.39 is 15.8 Å². The molecule has 102 valence electrons. The molecule has 20 heavy (non-hydrogen) atoms. The summed E-state index contributed by atoms with van der Waals surface area (Å²) in [6.45, 7) is 0. The van der Waals surface area contributed by atoms with Gasteiger partial charge in [-0.1, -0.05) is 6.07 Å². The van der Waals surface area contributed by atoms with Crippen LogP contribution in [0, 0.1) is 5.82 Å². The van der Waals surface area contributed by atoms with Gasteiger partial charge in [0.25, 0.3) is 10.0 Å². The normalized spacial score (nSPS) is 11.7.